The van der Waals surface area contributed by atoms with Gasteiger partial charge in [0, 0.05) is 6.54 Å². The number of nitrogens with one attached hydrogen (secondary N) is 1. The lowest BCUT2D eigenvalue weighted by Gasteiger charge is -2.04. The van der Waals surface area contributed by atoms with Crippen LogP contribution in [0.5, 0.6) is 0 Å². The third-order valence-electron chi connectivity index (χ3n) is 1.05. The molecule has 0 rings (SSSR count). The molecule has 0 aliphatic rings. The zero-order valence-corrected chi connectivity index (χ0v) is 5.52. The van der Waals surface area contributed by atoms with Crippen molar-refractivity contribution >= 4 is 0 Å². The Kier molecular flexibility index (Phi) is 5.14. The maximum Gasteiger partial charge on any atom is 0.102 e. The van der Waals surface area contributed by atoms with Crippen molar-refractivity contribution in [1.29, 1.82) is 5.26 Å². The monoisotopic (exact) mass is 130 g/mol. The quantitative estimate of drug-likeness (QED) is 0.612. The van der Waals surface area contributed by atoms with E-state index < -0.39 is 6.67 Å². The van der Waals surface area contributed by atoms with Crippen LogP contribution in [0, 0.1) is 11.3 Å². The van der Waals surface area contributed by atoms with E-state index in [1.54, 1.807) is 0 Å². The highest BCUT2D eigenvalue weighted by atomic mass is 19.1. The van der Waals surface area contributed by atoms with Gasteiger partial charge in [0.05, 0.1) is 12.1 Å². The summed E-state index contributed by atoms with van der Waals surface area (Å²) in [6.45, 7) is 1.77. The second-order valence-electron chi connectivity index (χ2n) is 1.73. The normalized spacial score (nSPS) is 12.6. The zero-order chi connectivity index (χ0) is 7.11. The Labute approximate surface area is 54.7 Å². The first-order valence-electron chi connectivity index (χ1n) is 3.04. The molecule has 0 fully saturated rings. The molecule has 0 aromatic heterocycles. The smallest absolute Gasteiger partial charge is 0.102 e. The lowest BCUT2D eigenvalue weighted by atomic mass is 10.2. The molecule has 2 nitrogen and oxygen atoms in total. The molecule has 0 saturated heterocycles. The van der Waals surface area contributed by atoms with E-state index >= 15 is 0 Å². The number of halogens is 1. The van der Waals surface area contributed by atoms with Gasteiger partial charge >= 0.3 is 0 Å². The summed E-state index contributed by atoms with van der Waals surface area (Å²) in [6.07, 6.45) is 0.733. The predicted molar refractivity (Wildman–Crippen MR) is 33.7 cm³/mol. The average molecular weight is 130 g/mol. The number of hydrogen-bond donors (Lipinski definition) is 1. The van der Waals surface area contributed by atoms with E-state index in [1.165, 1.54) is 0 Å². The van der Waals surface area contributed by atoms with Crippen LogP contribution in [0.1, 0.15) is 13.3 Å². The summed E-state index contributed by atoms with van der Waals surface area (Å²) in [4.78, 5) is 0. The number of hydrogen-bond acceptors (Lipinski definition) is 2. The highest BCUT2D eigenvalue weighted by molar-refractivity contribution is 4.87. The summed E-state index contributed by atoms with van der Waals surface area (Å²) >= 11 is 0. The molecule has 0 heterocycles. The Morgan fingerprint density at radius 2 is 2.44 bits per heavy atom. The van der Waals surface area contributed by atoms with Crippen LogP contribution >= 0.6 is 0 Å². The second kappa shape index (κ2) is 5.52. The molecule has 0 aliphatic carbocycles. The lowest BCUT2D eigenvalue weighted by Crippen LogP contribution is -2.28. The summed E-state index contributed by atoms with van der Waals surface area (Å²) < 4.78 is 11.5. The summed E-state index contributed by atoms with van der Waals surface area (Å²) in [5, 5.41) is 11.1. The average Bonchev–Trinajstić information content (AvgIpc) is 1.91. The predicted octanol–water partition coefficient (Wildman–Crippen LogP) is 0.848. The first-order chi connectivity index (χ1) is 4.35. The molecule has 0 amide bonds. The zero-order valence-electron chi connectivity index (χ0n) is 5.52. The molecule has 1 N–H and O–H groups in total. The molecular formula is C6H11FN2. The van der Waals surface area contributed by atoms with Crippen molar-refractivity contribution in [3.63, 3.8) is 0 Å². The fraction of sp³-hybridized carbons (Fsp3) is 0.833. The number of alkyl halides is 1. The van der Waals surface area contributed by atoms with Gasteiger partial charge in [0.2, 0.25) is 0 Å². The molecule has 0 aliphatic heterocycles. The van der Waals surface area contributed by atoms with E-state index in [9.17, 15) is 4.39 Å². The molecule has 0 radical (unpaired) electrons. The fourth-order valence-electron chi connectivity index (χ4n) is 0.510. The van der Waals surface area contributed by atoms with Crippen molar-refractivity contribution < 1.29 is 4.39 Å². The van der Waals surface area contributed by atoms with Gasteiger partial charge in [-0.2, -0.15) is 5.26 Å². The van der Waals surface area contributed by atoms with Gasteiger partial charge in [0.15, 0.2) is 0 Å². The van der Waals surface area contributed by atoms with E-state index in [4.69, 9.17) is 5.26 Å². The van der Waals surface area contributed by atoms with Crippen LogP contribution in [-0.2, 0) is 0 Å². The molecule has 0 aromatic rings. The summed E-state index contributed by atoms with van der Waals surface area (Å²) in [5.74, 6) is 0. The van der Waals surface area contributed by atoms with E-state index in [0.717, 1.165) is 6.42 Å². The first kappa shape index (κ1) is 8.38. The van der Waals surface area contributed by atoms with E-state index in [1.807, 2.05) is 13.0 Å². The molecule has 0 spiro atoms. The van der Waals surface area contributed by atoms with Crippen molar-refractivity contribution in [1.82, 2.24) is 5.32 Å². The SMILES string of the molecule is CCC(C#N)NCCF. The van der Waals surface area contributed by atoms with Crippen molar-refractivity contribution in [2.24, 2.45) is 0 Å². The molecule has 9 heavy (non-hydrogen) atoms. The fourth-order valence-corrected chi connectivity index (χ4v) is 0.510. The summed E-state index contributed by atoms with van der Waals surface area (Å²) in [6, 6.07) is 1.83. The molecule has 1 atom stereocenters. The highest BCUT2D eigenvalue weighted by Crippen LogP contribution is 1.85. The Balaban J connectivity index is 3.23. The minimum Gasteiger partial charge on any atom is -0.299 e. The van der Waals surface area contributed by atoms with Gasteiger partial charge < -0.3 is 0 Å². The van der Waals surface area contributed by atoms with E-state index in [0.29, 0.717) is 0 Å². The number of nitrogens with zero attached hydrogens (tertiary/aromatic N) is 1. The molecule has 0 saturated carbocycles. The minimum atomic E-state index is -0.405. The van der Waals surface area contributed by atoms with Crippen LogP contribution in [0.15, 0.2) is 0 Å². The Bertz CT molecular complexity index is 97.7. The van der Waals surface area contributed by atoms with Crippen LogP contribution in [0.25, 0.3) is 0 Å². The first-order valence-corrected chi connectivity index (χ1v) is 3.04. The third kappa shape index (κ3) is 3.92. The van der Waals surface area contributed by atoms with E-state index in [-0.39, 0.29) is 12.6 Å². The van der Waals surface area contributed by atoms with Crippen molar-refractivity contribution in [2.75, 3.05) is 13.2 Å². The molecular weight excluding hydrogens is 119 g/mol. The Morgan fingerprint density at radius 3 is 2.78 bits per heavy atom. The lowest BCUT2D eigenvalue weighted by molar-refractivity contribution is 0.450. The Hall–Kier alpha value is -0.620. The van der Waals surface area contributed by atoms with Crippen molar-refractivity contribution in [2.45, 2.75) is 19.4 Å². The number of nitriles is 1. The Morgan fingerprint density at radius 1 is 1.78 bits per heavy atom. The van der Waals surface area contributed by atoms with Gasteiger partial charge in [0.1, 0.15) is 6.67 Å². The molecule has 3 heteroatoms. The molecule has 52 valence electrons. The van der Waals surface area contributed by atoms with Crippen LogP contribution < -0.4 is 5.32 Å². The van der Waals surface area contributed by atoms with Gasteiger partial charge in [-0.15, -0.1) is 0 Å². The van der Waals surface area contributed by atoms with Crippen molar-refractivity contribution in [3.8, 4) is 6.07 Å². The maximum absolute atomic E-state index is 11.5. The van der Waals surface area contributed by atoms with Gasteiger partial charge in [-0.1, -0.05) is 6.92 Å². The van der Waals surface area contributed by atoms with Crippen LogP contribution in [0.2, 0.25) is 0 Å². The van der Waals surface area contributed by atoms with Crippen molar-refractivity contribution in [3.05, 3.63) is 0 Å². The van der Waals surface area contributed by atoms with Gasteiger partial charge in [-0.25, -0.2) is 4.39 Å². The van der Waals surface area contributed by atoms with E-state index in [2.05, 4.69) is 5.32 Å². The number of rotatable bonds is 4. The van der Waals surface area contributed by atoms with Crippen LogP contribution in [0.4, 0.5) is 4.39 Å². The second-order valence-corrected chi connectivity index (χ2v) is 1.73. The van der Waals surface area contributed by atoms with Gasteiger partial charge in [0.25, 0.3) is 0 Å². The van der Waals surface area contributed by atoms with Crippen LogP contribution in [0.3, 0.4) is 0 Å². The molecule has 0 aromatic carbocycles. The van der Waals surface area contributed by atoms with Crippen LogP contribution in [-0.4, -0.2) is 19.3 Å². The standard InChI is InChI=1S/C6H11FN2/c1-2-6(5-8)9-4-3-7/h6,9H,2-4H2,1H3. The third-order valence-corrected chi connectivity index (χ3v) is 1.05. The molecule has 0 bridgehead atoms. The largest absolute Gasteiger partial charge is 0.299 e. The highest BCUT2D eigenvalue weighted by Gasteiger charge is 1.99. The maximum atomic E-state index is 11.5. The minimum absolute atomic E-state index is 0.180. The van der Waals surface area contributed by atoms with Gasteiger partial charge in [-0.05, 0) is 6.42 Å². The summed E-state index contributed by atoms with van der Waals surface area (Å²) in [5.41, 5.74) is 0. The molecule has 1 unspecified atom stereocenters. The van der Waals surface area contributed by atoms with Gasteiger partial charge in [-0.3, -0.25) is 5.32 Å². The topological polar surface area (TPSA) is 35.8 Å². The summed E-state index contributed by atoms with van der Waals surface area (Å²) in [7, 11) is 0.